The molecule has 0 aliphatic heterocycles. The van der Waals surface area contributed by atoms with Gasteiger partial charge in [0, 0.05) is 31.8 Å². The number of carbonyl (C=O) groups is 2. The van der Waals surface area contributed by atoms with Crippen LogP contribution in [0.4, 0.5) is 4.79 Å². The Morgan fingerprint density at radius 1 is 1.13 bits per heavy atom. The van der Waals surface area contributed by atoms with E-state index < -0.39 is 30.4 Å². The maximum absolute atomic E-state index is 13.7. The number of H-pyrrole nitrogens is 1. The lowest BCUT2D eigenvalue weighted by atomic mass is 9.82. The Balaban J connectivity index is 1.73. The Morgan fingerprint density at radius 3 is 2.47 bits per heavy atom. The van der Waals surface area contributed by atoms with Gasteiger partial charge >= 0.3 is 6.09 Å². The number of benzene rings is 1. The smallest absolute Gasteiger partial charge is 0.410 e. The Bertz CT molecular complexity index is 963. The van der Waals surface area contributed by atoms with Gasteiger partial charge in [-0.05, 0) is 23.8 Å². The second kappa shape index (κ2) is 14.9. The number of imidazole rings is 1. The van der Waals surface area contributed by atoms with E-state index in [-0.39, 0.29) is 31.3 Å². The number of aromatic nitrogens is 2. The molecule has 38 heavy (non-hydrogen) atoms. The average Bonchev–Trinajstić information content (AvgIpc) is 3.44. The van der Waals surface area contributed by atoms with Crippen LogP contribution >= 0.6 is 0 Å². The van der Waals surface area contributed by atoms with Crippen molar-refractivity contribution in [2.75, 3.05) is 7.05 Å². The second-order valence-electron chi connectivity index (χ2n) is 10.9. The summed E-state index contributed by atoms with van der Waals surface area (Å²) in [5, 5.41) is 24.6. The zero-order valence-electron chi connectivity index (χ0n) is 22.9. The number of aromatic amines is 1. The standard InChI is InChI=1S/C29H44N4O5/c1-20(2)26(34)16-27(35)24(14-21-10-6-4-7-11-21)32-28(36)25(15-23-17-30-19-31-23)33(3)29(37)38-18-22-12-8-5-9-13-22/h5,8-9,12-13,17,19-21,24-27,34-35H,4,6-7,10-11,14-16,18H2,1-3H3,(H,30,31)(H,32,36)/t24-,25-,26-,27-/m0/s1. The second-order valence-corrected chi connectivity index (χ2v) is 10.9. The number of rotatable bonds is 13. The molecule has 1 aliphatic carbocycles. The molecule has 2 aromatic rings. The minimum Gasteiger partial charge on any atom is -0.445 e. The molecule has 1 fully saturated rings. The van der Waals surface area contributed by atoms with Crippen molar-refractivity contribution in [2.24, 2.45) is 11.8 Å². The summed E-state index contributed by atoms with van der Waals surface area (Å²) in [6, 6.07) is 7.95. The quantitative estimate of drug-likeness (QED) is 0.313. The first-order chi connectivity index (χ1) is 18.2. The molecule has 9 heteroatoms. The van der Waals surface area contributed by atoms with Crippen LogP contribution in [0, 0.1) is 11.8 Å². The van der Waals surface area contributed by atoms with E-state index >= 15 is 0 Å². The van der Waals surface area contributed by atoms with Gasteiger partial charge in [-0.3, -0.25) is 9.69 Å². The molecule has 1 aliphatic rings. The number of nitrogens with one attached hydrogen (secondary N) is 2. The molecule has 4 N–H and O–H groups in total. The molecule has 1 aromatic carbocycles. The van der Waals surface area contributed by atoms with Crippen molar-refractivity contribution in [1.82, 2.24) is 20.2 Å². The fraction of sp³-hybridized carbons (Fsp3) is 0.621. The first-order valence-electron chi connectivity index (χ1n) is 13.8. The van der Waals surface area contributed by atoms with Crippen LogP contribution in [0.5, 0.6) is 0 Å². The molecule has 0 saturated heterocycles. The predicted molar refractivity (Wildman–Crippen MR) is 145 cm³/mol. The average molecular weight is 529 g/mol. The molecule has 0 bridgehead atoms. The van der Waals surface area contributed by atoms with Crippen LogP contribution in [0.15, 0.2) is 42.9 Å². The molecule has 210 valence electrons. The topological polar surface area (TPSA) is 128 Å². The van der Waals surface area contributed by atoms with E-state index in [0.717, 1.165) is 31.2 Å². The molecule has 2 amide bonds. The highest BCUT2D eigenvalue weighted by Crippen LogP contribution is 2.29. The summed E-state index contributed by atoms with van der Waals surface area (Å²) in [6.45, 7) is 3.91. The van der Waals surface area contributed by atoms with Gasteiger partial charge in [-0.15, -0.1) is 0 Å². The fourth-order valence-electron chi connectivity index (χ4n) is 5.02. The Morgan fingerprint density at radius 2 is 1.84 bits per heavy atom. The van der Waals surface area contributed by atoms with E-state index in [2.05, 4.69) is 15.3 Å². The zero-order chi connectivity index (χ0) is 27.5. The summed E-state index contributed by atoms with van der Waals surface area (Å²) in [6.07, 6.45) is 7.62. The predicted octanol–water partition coefficient (Wildman–Crippen LogP) is 3.81. The lowest BCUT2D eigenvalue weighted by molar-refractivity contribution is -0.127. The Kier molecular flexibility index (Phi) is 11.6. The van der Waals surface area contributed by atoms with Crippen LogP contribution in [0.3, 0.4) is 0 Å². The zero-order valence-corrected chi connectivity index (χ0v) is 22.9. The monoisotopic (exact) mass is 528 g/mol. The van der Waals surface area contributed by atoms with Crippen molar-refractivity contribution < 1.29 is 24.5 Å². The van der Waals surface area contributed by atoms with Crippen molar-refractivity contribution in [3.05, 3.63) is 54.1 Å². The maximum Gasteiger partial charge on any atom is 0.410 e. The van der Waals surface area contributed by atoms with E-state index in [1.807, 2.05) is 44.2 Å². The molecule has 1 heterocycles. The summed E-state index contributed by atoms with van der Waals surface area (Å²) >= 11 is 0. The van der Waals surface area contributed by atoms with E-state index in [1.54, 1.807) is 13.2 Å². The number of aliphatic hydroxyl groups excluding tert-OH is 2. The number of carbonyl (C=O) groups excluding carboxylic acids is 2. The van der Waals surface area contributed by atoms with E-state index in [9.17, 15) is 19.8 Å². The van der Waals surface area contributed by atoms with Crippen LogP contribution < -0.4 is 5.32 Å². The largest absolute Gasteiger partial charge is 0.445 e. The molecular formula is C29H44N4O5. The van der Waals surface area contributed by atoms with Gasteiger partial charge in [-0.1, -0.05) is 76.3 Å². The third-order valence-corrected chi connectivity index (χ3v) is 7.59. The van der Waals surface area contributed by atoms with Crippen molar-refractivity contribution >= 4 is 12.0 Å². The fourth-order valence-corrected chi connectivity index (χ4v) is 5.02. The summed E-state index contributed by atoms with van der Waals surface area (Å²) in [5.41, 5.74) is 1.55. The normalized spacial score (nSPS) is 17.4. The van der Waals surface area contributed by atoms with Gasteiger partial charge in [-0.25, -0.2) is 9.78 Å². The first kappa shape index (κ1) is 29.6. The lowest BCUT2D eigenvalue weighted by Crippen LogP contribution is -2.54. The van der Waals surface area contributed by atoms with Gasteiger partial charge in [0.15, 0.2) is 0 Å². The van der Waals surface area contributed by atoms with Crippen molar-refractivity contribution in [2.45, 2.75) is 96.1 Å². The molecule has 4 atom stereocenters. The third-order valence-electron chi connectivity index (χ3n) is 7.59. The Labute approximate surface area is 226 Å². The van der Waals surface area contributed by atoms with Crippen LogP contribution in [-0.4, -0.2) is 68.4 Å². The van der Waals surface area contributed by atoms with E-state index in [0.29, 0.717) is 18.0 Å². The molecule has 1 aromatic heterocycles. The number of nitrogens with zero attached hydrogens (tertiary/aromatic N) is 2. The molecule has 0 spiro atoms. The highest BCUT2D eigenvalue weighted by Gasteiger charge is 2.34. The first-order valence-corrected chi connectivity index (χ1v) is 13.8. The lowest BCUT2D eigenvalue weighted by Gasteiger charge is -2.34. The van der Waals surface area contributed by atoms with E-state index in [4.69, 9.17) is 4.74 Å². The van der Waals surface area contributed by atoms with Crippen molar-refractivity contribution in [3.8, 4) is 0 Å². The van der Waals surface area contributed by atoms with E-state index in [1.165, 1.54) is 17.6 Å². The van der Waals surface area contributed by atoms with Crippen LogP contribution in [-0.2, 0) is 22.6 Å². The SMILES string of the molecule is CC(C)[C@@H](O)C[C@H](O)[C@H](CC1CCCCC1)NC(=O)[C@H](Cc1cnc[nH]1)N(C)C(=O)OCc1ccccc1. The molecular weight excluding hydrogens is 484 g/mol. The van der Waals surface area contributed by atoms with Crippen LogP contribution in [0.2, 0.25) is 0 Å². The number of hydrogen-bond acceptors (Lipinski definition) is 6. The van der Waals surface area contributed by atoms with Gasteiger partial charge in [0.25, 0.3) is 0 Å². The molecule has 0 radical (unpaired) electrons. The van der Waals surface area contributed by atoms with Gasteiger partial charge in [0.1, 0.15) is 12.6 Å². The number of likely N-dealkylation sites (N-methyl/N-ethyl adjacent to an activating group) is 1. The highest BCUT2D eigenvalue weighted by atomic mass is 16.6. The summed E-state index contributed by atoms with van der Waals surface area (Å²) in [5.74, 6) is 0.0199. The minimum absolute atomic E-state index is 0.00525. The van der Waals surface area contributed by atoms with Crippen molar-refractivity contribution in [1.29, 1.82) is 0 Å². The number of ether oxygens (including phenoxy) is 1. The molecule has 1 saturated carbocycles. The summed E-state index contributed by atoms with van der Waals surface area (Å²) < 4.78 is 5.49. The molecule has 3 rings (SSSR count). The van der Waals surface area contributed by atoms with Crippen LogP contribution in [0.1, 0.15) is 70.1 Å². The highest BCUT2D eigenvalue weighted by molar-refractivity contribution is 5.86. The number of amides is 2. The third kappa shape index (κ3) is 9.13. The van der Waals surface area contributed by atoms with Gasteiger partial charge in [-0.2, -0.15) is 0 Å². The number of hydrogen-bond donors (Lipinski definition) is 4. The van der Waals surface area contributed by atoms with Crippen LogP contribution in [0.25, 0.3) is 0 Å². The van der Waals surface area contributed by atoms with Gasteiger partial charge < -0.3 is 25.3 Å². The number of aliphatic hydroxyl groups is 2. The van der Waals surface area contributed by atoms with Gasteiger partial charge in [0.2, 0.25) is 5.91 Å². The van der Waals surface area contributed by atoms with Gasteiger partial charge in [0.05, 0.1) is 24.6 Å². The van der Waals surface area contributed by atoms with Crippen molar-refractivity contribution in [3.63, 3.8) is 0 Å². The summed E-state index contributed by atoms with van der Waals surface area (Å²) in [4.78, 5) is 35.0. The Hall–Kier alpha value is -2.91. The minimum atomic E-state index is -0.901. The molecule has 0 unspecified atom stereocenters. The molecule has 9 nitrogen and oxygen atoms in total. The summed E-state index contributed by atoms with van der Waals surface area (Å²) in [7, 11) is 1.54. The maximum atomic E-state index is 13.7.